The van der Waals surface area contributed by atoms with Crippen LogP contribution in [-0.4, -0.2) is 24.7 Å². The predicted molar refractivity (Wildman–Crippen MR) is 83.0 cm³/mol. The number of nitrogens with one attached hydrogen (secondary N) is 1. The molecular formula is C12H14Cl2N4O2S. The highest BCUT2D eigenvalue weighted by molar-refractivity contribution is 7.89. The molecular weight excluding hydrogens is 335 g/mol. The van der Waals surface area contributed by atoms with Gasteiger partial charge in [0.25, 0.3) is 0 Å². The second-order valence-electron chi connectivity index (χ2n) is 4.40. The molecule has 0 spiro atoms. The minimum atomic E-state index is -3.80. The van der Waals surface area contributed by atoms with Crippen molar-refractivity contribution in [2.24, 2.45) is 7.05 Å². The van der Waals surface area contributed by atoms with E-state index in [1.54, 1.807) is 17.9 Å². The van der Waals surface area contributed by atoms with E-state index in [0.29, 0.717) is 6.42 Å². The number of nitrogens with two attached hydrogens (primary N) is 1. The molecule has 0 fully saturated rings. The summed E-state index contributed by atoms with van der Waals surface area (Å²) in [5, 5.41) is 4.29. The number of rotatable bonds is 5. The Kier molecular flexibility index (Phi) is 4.77. The van der Waals surface area contributed by atoms with Gasteiger partial charge in [0.05, 0.1) is 10.7 Å². The molecule has 0 bridgehead atoms. The zero-order valence-electron chi connectivity index (χ0n) is 11.2. The van der Waals surface area contributed by atoms with Crippen molar-refractivity contribution in [2.45, 2.75) is 11.3 Å². The molecule has 0 aliphatic heterocycles. The molecule has 0 aliphatic carbocycles. The van der Waals surface area contributed by atoms with E-state index in [2.05, 4.69) is 9.82 Å². The van der Waals surface area contributed by atoms with Gasteiger partial charge < -0.3 is 5.73 Å². The van der Waals surface area contributed by atoms with E-state index in [-0.39, 0.29) is 27.2 Å². The van der Waals surface area contributed by atoms with E-state index in [1.807, 2.05) is 6.07 Å². The number of hydrogen-bond acceptors (Lipinski definition) is 4. The Hall–Kier alpha value is -1.28. The van der Waals surface area contributed by atoms with Crippen molar-refractivity contribution in [1.82, 2.24) is 14.5 Å². The van der Waals surface area contributed by atoms with Crippen LogP contribution in [0.25, 0.3) is 0 Å². The molecule has 6 nitrogen and oxygen atoms in total. The first-order chi connectivity index (χ1) is 9.81. The van der Waals surface area contributed by atoms with E-state index in [0.717, 1.165) is 5.69 Å². The molecule has 21 heavy (non-hydrogen) atoms. The number of halogens is 2. The molecule has 114 valence electrons. The third-order valence-electron chi connectivity index (χ3n) is 2.90. The predicted octanol–water partition coefficient (Wildman–Crippen LogP) is 1.83. The van der Waals surface area contributed by atoms with Gasteiger partial charge in [-0.05, 0) is 18.2 Å². The van der Waals surface area contributed by atoms with Crippen LogP contribution >= 0.6 is 23.2 Å². The Labute approximate surface area is 132 Å². The summed E-state index contributed by atoms with van der Waals surface area (Å²) < 4.78 is 28.7. The molecule has 0 saturated carbocycles. The zero-order valence-corrected chi connectivity index (χ0v) is 13.5. The Morgan fingerprint density at radius 3 is 2.67 bits per heavy atom. The first-order valence-electron chi connectivity index (χ1n) is 6.02. The third kappa shape index (κ3) is 3.68. The van der Waals surface area contributed by atoms with Crippen molar-refractivity contribution in [3.8, 4) is 0 Å². The fourth-order valence-electron chi connectivity index (χ4n) is 1.90. The van der Waals surface area contributed by atoms with Crippen LogP contribution in [0.5, 0.6) is 0 Å². The highest BCUT2D eigenvalue weighted by Gasteiger charge is 2.21. The maximum absolute atomic E-state index is 12.3. The van der Waals surface area contributed by atoms with Gasteiger partial charge >= 0.3 is 0 Å². The van der Waals surface area contributed by atoms with Gasteiger partial charge in [0.1, 0.15) is 4.90 Å². The lowest BCUT2D eigenvalue weighted by Crippen LogP contribution is -2.27. The fourth-order valence-corrected chi connectivity index (χ4v) is 3.91. The zero-order chi connectivity index (χ0) is 15.6. The lowest BCUT2D eigenvalue weighted by Gasteiger charge is -2.11. The molecule has 0 unspecified atom stereocenters. The van der Waals surface area contributed by atoms with Gasteiger partial charge in [-0.15, -0.1) is 0 Å². The quantitative estimate of drug-likeness (QED) is 0.806. The molecule has 1 aromatic carbocycles. The second-order valence-corrected chi connectivity index (χ2v) is 6.95. The van der Waals surface area contributed by atoms with Crippen LogP contribution in [0.3, 0.4) is 0 Å². The van der Waals surface area contributed by atoms with E-state index in [4.69, 9.17) is 28.9 Å². The largest absolute Gasteiger partial charge is 0.398 e. The van der Waals surface area contributed by atoms with Crippen molar-refractivity contribution in [3.05, 3.63) is 40.1 Å². The van der Waals surface area contributed by atoms with Crippen LogP contribution in [0.15, 0.2) is 29.3 Å². The number of sulfonamides is 1. The Balaban J connectivity index is 2.14. The van der Waals surface area contributed by atoms with Gasteiger partial charge in [-0.25, -0.2) is 13.1 Å². The van der Waals surface area contributed by atoms with E-state index >= 15 is 0 Å². The summed E-state index contributed by atoms with van der Waals surface area (Å²) in [6, 6.07) is 4.51. The third-order valence-corrected chi connectivity index (χ3v) is 5.11. The number of anilines is 1. The summed E-state index contributed by atoms with van der Waals surface area (Å²) >= 11 is 11.7. The Morgan fingerprint density at radius 2 is 2.10 bits per heavy atom. The van der Waals surface area contributed by atoms with Crippen molar-refractivity contribution >= 4 is 38.9 Å². The molecule has 2 aromatic rings. The summed E-state index contributed by atoms with van der Waals surface area (Å²) in [5.41, 5.74) is 6.62. The molecule has 1 aromatic heterocycles. The smallest absolute Gasteiger partial charge is 0.244 e. The highest BCUT2D eigenvalue weighted by Crippen LogP contribution is 2.30. The lowest BCUT2D eigenvalue weighted by molar-refractivity contribution is 0.580. The molecule has 0 radical (unpaired) electrons. The van der Waals surface area contributed by atoms with Crippen molar-refractivity contribution in [1.29, 1.82) is 0 Å². The second kappa shape index (κ2) is 6.23. The molecule has 9 heteroatoms. The number of aryl methyl sites for hydroxylation is 1. The topological polar surface area (TPSA) is 90.0 Å². The molecule has 0 atom stereocenters. The number of nitrogen functional groups attached to an aromatic ring is 1. The maximum atomic E-state index is 12.3. The van der Waals surface area contributed by atoms with Gasteiger partial charge in [0.2, 0.25) is 10.0 Å². The Bertz CT molecular complexity index is 735. The number of nitrogens with zero attached hydrogens (tertiary/aromatic N) is 2. The van der Waals surface area contributed by atoms with Gasteiger partial charge in [0, 0.05) is 36.9 Å². The minimum Gasteiger partial charge on any atom is -0.398 e. The maximum Gasteiger partial charge on any atom is 0.244 e. The number of hydrogen-bond donors (Lipinski definition) is 2. The van der Waals surface area contributed by atoms with Crippen LogP contribution < -0.4 is 10.5 Å². The van der Waals surface area contributed by atoms with E-state index in [9.17, 15) is 8.42 Å². The van der Waals surface area contributed by atoms with Gasteiger partial charge in [0.15, 0.2) is 0 Å². The average molecular weight is 349 g/mol. The number of benzene rings is 1. The Morgan fingerprint density at radius 1 is 1.38 bits per heavy atom. The summed E-state index contributed by atoms with van der Waals surface area (Å²) in [6.07, 6.45) is 2.15. The first-order valence-corrected chi connectivity index (χ1v) is 8.26. The lowest BCUT2D eigenvalue weighted by atomic mass is 10.3. The summed E-state index contributed by atoms with van der Waals surface area (Å²) in [6.45, 7) is 0.209. The van der Waals surface area contributed by atoms with E-state index in [1.165, 1.54) is 12.1 Å². The van der Waals surface area contributed by atoms with Gasteiger partial charge in [-0.2, -0.15) is 5.10 Å². The summed E-state index contributed by atoms with van der Waals surface area (Å²) in [4.78, 5) is -0.154. The monoisotopic (exact) mass is 348 g/mol. The average Bonchev–Trinajstić information content (AvgIpc) is 2.73. The van der Waals surface area contributed by atoms with Crippen LogP contribution in [0, 0.1) is 0 Å². The fraction of sp³-hybridized carbons (Fsp3) is 0.250. The molecule has 1 heterocycles. The minimum absolute atomic E-state index is 0.00645. The molecule has 0 amide bonds. The molecule has 0 aliphatic rings. The van der Waals surface area contributed by atoms with Crippen molar-refractivity contribution in [2.75, 3.05) is 12.3 Å². The standard InChI is InChI=1S/C12H14Cl2N4O2S/c1-18-9(2-4-16-18)3-5-17-21(19,20)12-10(14)6-8(13)7-11(12)15/h2,4,6-7,17H,3,5,15H2,1H3. The van der Waals surface area contributed by atoms with Gasteiger partial charge in [-0.3, -0.25) is 4.68 Å². The van der Waals surface area contributed by atoms with Gasteiger partial charge in [-0.1, -0.05) is 23.2 Å². The van der Waals surface area contributed by atoms with Crippen LogP contribution in [0.4, 0.5) is 5.69 Å². The molecule has 2 rings (SSSR count). The number of aromatic nitrogens is 2. The molecule has 0 saturated heterocycles. The first kappa shape index (κ1) is 16.1. The summed E-state index contributed by atoms with van der Waals surface area (Å²) in [5.74, 6) is 0. The van der Waals surface area contributed by atoms with E-state index < -0.39 is 10.0 Å². The summed E-state index contributed by atoms with van der Waals surface area (Å²) in [7, 11) is -2.01. The SMILES string of the molecule is Cn1nccc1CCNS(=O)(=O)c1c(N)cc(Cl)cc1Cl. The highest BCUT2D eigenvalue weighted by atomic mass is 35.5. The normalized spacial score (nSPS) is 11.8. The van der Waals surface area contributed by atoms with Crippen molar-refractivity contribution < 1.29 is 8.42 Å². The van der Waals surface area contributed by atoms with Crippen LogP contribution in [0.1, 0.15) is 5.69 Å². The van der Waals surface area contributed by atoms with Crippen LogP contribution in [0.2, 0.25) is 10.0 Å². The van der Waals surface area contributed by atoms with Crippen molar-refractivity contribution in [3.63, 3.8) is 0 Å². The van der Waals surface area contributed by atoms with Crippen LogP contribution in [-0.2, 0) is 23.5 Å². The molecule has 3 N–H and O–H groups in total.